The van der Waals surface area contributed by atoms with Gasteiger partial charge in [-0.25, -0.2) is 4.98 Å². The molecule has 0 aromatic carbocycles. The molecule has 0 amide bonds. The van der Waals surface area contributed by atoms with Gasteiger partial charge in [-0.2, -0.15) is 8.78 Å². The fourth-order valence-electron chi connectivity index (χ4n) is 0.367. The van der Waals surface area contributed by atoms with Crippen LogP contribution in [-0.2, 0) is 0 Å². The highest BCUT2D eigenvalue weighted by atomic mass is 79.9. The Hall–Kier alpha value is -0.450. The summed E-state index contributed by atoms with van der Waals surface area (Å²) < 4.78 is 27.8. The second-order valence-corrected chi connectivity index (χ2v) is 2.12. The molecule has 0 aliphatic heterocycles. The topological polar surface area (TPSA) is 26.0 Å². The van der Waals surface area contributed by atoms with Crippen molar-refractivity contribution >= 4 is 15.9 Å². The van der Waals surface area contributed by atoms with E-state index in [0.717, 1.165) is 6.26 Å². The first-order valence-corrected chi connectivity index (χ1v) is 2.88. The molecule has 5 heteroatoms. The number of oxazole rings is 1. The molecule has 50 valence electrons. The van der Waals surface area contributed by atoms with Crippen LogP contribution in [0.1, 0.15) is 12.3 Å². The summed E-state index contributed by atoms with van der Waals surface area (Å²) in [7, 11) is 0. The zero-order valence-corrected chi connectivity index (χ0v) is 5.73. The van der Waals surface area contributed by atoms with Crippen LogP contribution in [0.3, 0.4) is 0 Å². The fraction of sp³-hybridized carbons (Fsp3) is 0.250. The van der Waals surface area contributed by atoms with E-state index in [-0.39, 0.29) is 4.60 Å². The fourth-order valence-corrected chi connectivity index (χ4v) is 0.635. The predicted molar refractivity (Wildman–Crippen MR) is 29.2 cm³/mol. The molecule has 1 aromatic heterocycles. The lowest BCUT2D eigenvalue weighted by atomic mass is 10.7. The number of hydrogen-bond donors (Lipinski definition) is 0. The second-order valence-electron chi connectivity index (χ2n) is 1.31. The summed E-state index contributed by atoms with van der Waals surface area (Å²) >= 11 is 2.86. The minimum atomic E-state index is -2.63. The molecule has 1 rings (SSSR count). The van der Waals surface area contributed by atoms with Crippen LogP contribution in [0.15, 0.2) is 15.3 Å². The van der Waals surface area contributed by atoms with Gasteiger partial charge in [-0.1, -0.05) is 0 Å². The van der Waals surface area contributed by atoms with Crippen molar-refractivity contribution in [2.24, 2.45) is 0 Å². The molecule has 1 heterocycles. The van der Waals surface area contributed by atoms with Crippen molar-refractivity contribution in [3.8, 4) is 0 Å². The predicted octanol–water partition coefficient (Wildman–Crippen LogP) is 2.37. The molecule has 0 aliphatic rings. The number of hydrogen-bond acceptors (Lipinski definition) is 2. The van der Waals surface area contributed by atoms with Crippen LogP contribution in [0.4, 0.5) is 8.78 Å². The number of rotatable bonds is 1. The average molecular weight is 198 g/mol. The standard InChI is InChI=1S/C4H2BrF2NO/c5-2-1-9-4(8-2)3(6)7/h1,3H. The zero-order valence-electron chi connectivity index (χ0n) is 4.14. The maximum absolute atomic E-state index is 11.6. The molecule has 0 saturated heterocycles. The lowest BCUT2D eigenvalue weighted by Gasteiger charge is -1.85. The first-order chi connectivity index (χ1) is 4.20. The van der Waals surface area contributed by atoms with Crippen LogP contribution >= 0.6 is 15.9 Å². The number of nitrogens with zero attached hydrogens (tertiary/aromatic N) is 1. The van der Waals surface area contributed by atoms with Crippen molar-refractivity contribution in [2.75, 3.05) is 0 Å². The third-order valence-corrected chi connectivity index (χ3v) is 1.04. The Morgan fingerprint density at radius 2 is 2.33 bits per heavy atom. The van der Waals surface area contributed by atoms with Gasteiger partial charge >= 0.3 is 6.43 Å². The maximum Gasteiger partial charge on any atom is 0.313 e. The maximum atomic E-state index is 11.6. The first-order valence-electron chi connectivity index (χ1n) is 2.09. The SMILES string of the molecule is FC(F)c1nc(Br)co1. The molecule has 0 fully saturated rings. The monoisotopic (exact) mass is 197 g/mol. The Balaban J connectivity index is 2.85. The molecule has 0 saturated carbocycles. The van der Waals surface area contributed by atoms with E-state index in [1.165, 1.54) is 0 Å². The average Bonchev–Trinajstić information content (AvgIpc) is 2.14. The second kappa shape index (κ2) is 2.43. The minimum Gasteiger partial charge on any atom is -0.443 e. The van der Waals surface area contributed by atoms with E-state index in [1.54, 1.807) is 0 Å². The van der Waals surface area contributed by atoms with Gasteiger partial charge in [-0.3, -0.25) is 0 Å². The molecule has 0 unspecified atom stereocenters. The Bertz CT molecular complexity index is 200. The van der Waals surface area contributed by atoms with Crippen LogP contribution in [0.25, 0.3) is 0 Å². The van der Waals surface area contributed by atoms with Gasteiger partial charge in [0.15, 0.2) is 0 Å². The van der Waals surface area contributed by atoms with Crippen molar-refractivity contribution in [1.82, 2.24) is 4.98 Å². The van der Waals surface area contributed by atoms with Crippen LogP contribution in [0, 0.1) is 0 Å². The Morgan fingerprint density at radius 3 is 2.56 bits per heavy atom. The van der Waals surface area contributed by atoms with Gasteiger partial charge in [-0.05, 0) is 15.9 Å². The van der Waals surface area contributed by atoms with E-state index in [4.69, 9.17) is 0 Å². The van der Waals surface area contributed by atoms with E-state index in [0.29, 0.717) is 0 Å². The molecule has 0 spiro atoms. The molecule has 0 bridgehead atoms. The normalized spacial score (nSPS) is 10.7. The van der Waals surface area contributed by atoms with Crippen LogP contribution in [-0.4, -0.2) is 4.98 Å². The summed E-state index contributed by atoms with van der Waals surface area (Å²) in [5.74, 6) is -0.554. The summed E-state index contributed by atoms with van der Waals surface area (Å²) in [6, 6.07) is 0. The van der Waals surface area contributed by atoms with Gasteiger partial charge in [0.05, 0.1) is 0 Å². The zero-order chi connectivity index (χ0) is 6.85. The lowest BCUT2D eigenvalue weighted by Crippen LogP contribution is -1.80. The highest BCUT2D eigenvalue weighted by molar-refractivity contribution is 9.10. The third kappa shape index (κ3) is 1.48. The minimum absolute atomic E-state index is 0.290. The van der Waals surface area contributed by atoms with Crippen LogP contribution in [0.2, 0.25) is 0 Å². The van der Waals surface area contributed by atoms with Crippen molar-refractivity contribution < 1.29 is 13.2 Å². The molecular weight excluding hydrogens is 196 g/mol. The van der Waals surface area contributed by atoms with Gasteiger partial charge in [0.25, 0.3) is 5.89 Å². The van der Waals surface area contributed by atoms with E-state index in [1.807, 2.05) is 0 Å². The molecule has 0 N–H and O–H groups in total. The smallest absolute Gasteiger partial charge is 0.313 e. The number of aromatic nitrogens is 1. The first kappa shape index (κ1) is 6.67. The van der Waals surface area contributed by atoms with Crippen molar-refractivity contribution in [1.29, 1.82) is 0 Å². The van der Waals surface area contributed by atoms with Gasteiger partial charge in [0.1, 0.15) is 10.9 Å². The van der Waals surface area contributed by atoms with E-state index >= 15 is 0 Å². The van der Waals surface area contributed by atoms with E-state index in [2.05, 4.69) is 25.3 Å². The largest absolute Gasteiger partial charge is 0.443 e. The van der Waals surface area contributed by atoms with Crippen molar-refractivity contribution in [3.63, 3.8) is 0 Å². The summed E-state index contributed by atoms with van der Waals surface area (Å²) in [4.78, 5) is 3.31. The quantitative estimate of drug-likeness (QED) is 0.692. The summed E-state index contributed by atoms with van der Waals surface area (Å²) in [6.07, 6.45) is -1.52. The van der Waals surface area contributed by atoms with Crippen LogP contribution in [0.5, 0.6) is 0 Å². The number of alkyl halides is 2. The van der Waals surface area contributed by atoms with Gasteiger partial charge in [0.2, 0.25) is 0 Å². The summed E-state index contributed by atoms with van der Waals surface area (Å²) in [5, 5.41) is 0. The highest BCUT2D eigenvalue weighted by Crippen LogP contribution is 2.19. The van der Waals surface area contributed by atoms with Crippen molar-refractivity contribution in [2.45, 2.75) is 6.43 Å². The molecule has 0 aliphatic carbocycles. The molecule has 2 nitrogen and oxygen atoms in total. The molecule has 1 aromatic rings. The van der Waals surface area contributed by atoms with Gasteiger partial charge in [0, 0.05) is 0 Å². The van der Waals surface area contributed by atoms with Gasteiger partial charge < -0.3 is 4.42 Å². The third-order valence-electron chi connectivity index (χ3n) is 0.681. The van der Waals surface area contributed by atoms with E-state index in [9.17, 15) is 8.78 Å². The molecule has 9 heavy (non-hydrogen) atoms. The molecule has 0 radical (unpaired) electrons. The lowest BCUT2D eigenvalue weighted by molar-refractivity contribution is 0.115. The number of halogens is 3. The Labute approximate surface area is 58.0 Å². The Kier molecular flexibility index (Phi) is 1.80. The van der Waals surface area contributed by atoms with Gasteiger partial charge in [-0.15, -0.1) is 0 Å². The van der Waals surface area contributed by atoms with E-state index < -0.39 is 12.3 Å². The van der Waals surface area contributed by atoms with Crippen molar-refractivity contribution in [3.05, 3.63) is 16.8 Å². The summed E-state index contributed by atoms with van der Waals surface area (Å²) in [6.45, 7) is 0. The Morgan fingerprint density at radius 1 is 1.67 bits per heavy atom. The van der Waals surface area contributed by atoms with Crippen LogP contribution < -0.4 is 0 Å². The highest BCUT2D eigenvalue weighted by Gasteiger charge is 2.12. The molecular formula is C4H2BrF2NO. The summed E-state index contributed by atoms with van der Waals surface area (Å²) in [5.41, 5.74) is 0. The molecule has 0 atom stereocenters.